The Bertz CT molecular complexity index is 1460. The van der Waals surface area contributed by atoms with E-state index in [9.17, 15) is 9.59 Å². The number of pyridine rings is 2. The summed E-state index contributed by atoms with van der Waals surface area (Å²) in [5.41, 5.74) is 10.7. The number of nitrogens with zero attached hydrogens (tertiary/aromatic N) is 7. The number of hydrogen-bond donors (Lipinski definition) is 1. The van der Waals surface area contributed by atoms with Gasteiger partial charge < -0.3 is 10.6 Å². The average Bonchev–Trinajstić information content (AvgIpc) is 3.45. The van der Waals surface area contributed by atoms with E-state index in [2.05, 4.69) is 20.3 Å². The quantitative estimate of drug-likeness (QED) is 0.238. The summed E-state index contributed by atoms with van der Waals surface area (Å²) in [6, 6.07) is 4.95. The van der Waals surface area contributed by atoms with Crippen LogP contribution in [0.5, 0.6) is 0 Å². The fourth-order valence-electron chi connectivity index (χ4n) is 3.66. The van der Waals surface area contributed by atoms with E-state index in [-0.39, 0.29) is 5.78 Å². The SMILES string of the molecule is CC(N)=CC(=O)c1ccc2nnc([C@@H](C)N(C=O)/C=C\c3ncc(-c4cnn(C)c4)cc3C)n2c1. The van der Waals surface area contributed by atoms with E-state index in [0.29, 0.717) is 22.7 Å². The lowest BCUT2D eigenvalue weighted by Crippen LogP contribution is -2.21. The highest BCUT2D eigenvalue weighted by Crippen LogP contribution is 2.23. The lowest BCUT2D eigenvalue weighted by Gasteiger charge is -2.20. The molecule has 0 saturated heterocycles. The predicted molar refractivity (Wildman–Crippen MR) is 132 cm³/mol. The normalized spacial score (nSPS) is 12.9. The van der Waals surface area contributed by atoms with Crippen LogP contribution in [0, 0.1) is 6.92 Å². The number of aromatic nitrogens is 6. The van der Waals surface area contributed by atoms with Crippen molar-refractivity contribution >= 4 is 23.9 Å². The maximum atomic E-state index is 12.4. The van der Waals surface area contributed by atoms with Gasteiger partial charge in [-0.2, -0.15) is 5.10 Å². The number of aryl methyl sites for hydroxylation is 2. The third-order valence-corrected chi connectivity index (χ3v) is 5.58. The molecule has 4 heterocycles. The first-order valence-electron chi connectivity index (χ1n) is 11.0. The van der Waals surface area contributed by atoms with Crippen LogP contribution in [-0.2, 0) is 11.8 Å². The standard InChI is InChI=1S/C25H26N8O2/c1-16-9-20(21-12-28-31(4)13-21)11-27-22(16)7-8-32(15-34)18(3)25-30-29-24-6-5-19(14-33(24)25)23(35)10-17(2)26/h5-15,18H,26H2,1-4H3/b8-7-,17-10?/t18-/m1/s1. The smallest absolute Gasteiger partial charge is 0.214 e. The van der Waals surface area contributed by atoms with E-state index in [0.717, 1.165) is 28.8 Å². The highest BCUT2D eigenvalue weighted by molar-refractivity contribution is 6.04. The minimum atomic E-state index is -0.453. The van der Waals surface area contributed by atoms with Gasteiger partial charge in [-0.05, 0) is 50.6 Å². The van der Waals surface area contributed by atoms with Gasteiger partial charge in [0.1, 0.15) is 0 Å². The third kappa shape index (κ3) is 5.01. The number of ketones is 1. The minimum Gasteiger partial charge on any atom is -0.402 e. The van der Waals surface area contributed by atoms with Gasteiger partial charge in [-0.1, -0.05) is 0 Å². The first-order valence-corrected chi connectivity index (χ1v) is 11.0. The van der Waals surface area contributed by atoms with Crippen LogP contribution in [0.1, 0.15) is 47.3 Å². The number of amides is 1. The Hall–Kier alpha value is -4.60. The van der Waals surface area contributed by atoms with Crippen LogP contribution in [0.3, 0.4) is 0 Å². The topological polar surface area (TPSA) is 124 Å². The summed E-state index contributed by atoms with van der Waals surface area (Å²) in [6.45, 7) is 5.45. The van der Waals surface area contributed by atoms with Gasteiger partial charge in [0.25, 0.3) is 0 Å². The van der Waals surface area contributed by atoms with Crippen LogP contribution >= 0.6 is 0 Å². The second-order valence-corrected chi connectivity index (χ2v) is 8.33. The molecule has 0 aliphatic heterocycles. The van der Waals surface area contributed by atoms with Gasteiger partial charge in [-0.15, -0.1) is 10.2 Å². The molecule has 0 aliphatic carbocycles. The Balaban J connectivity index is 1.59. The number of nitrogens with two attached hydrogens (primary N) is 1. The Kier molecular flexibility index (Phi) is 6.54. The molecule has 1 atom stereocenters. The van der Waals surface area contributed by atoms with Gasteiger partial charge in [-0.3, -0.25) is 23.7 Å². The summed E-state index contributed by atoms with van der Waals surface area (Å²) >= 11 is 0. The molecule has 0 spiro atoms. The van der Waals surface area contributed by atoms with Crippen LogP contribution < -0.4 is 5.73 Å². The van der Waals surface area contributed by atoms with Crippen molar-refractivity contribution in [2.45, 2.75) is 26.8 Å². The molecule has 2 N–H and O–H groups in total. The number of rotatable bonds is 8. The van der Waals surface area contributed by atoms with E-state index >= 15 is 0 Å². The molecule has 0 bridgehead atoms. The number of carbonyl (C=O) groups is 2. The van der Waals surface area contributed by atoms with Crippen molar-refractivity contribution in [3.05, 3.63) is 83.6 Å². The van der Waals surface area contributed by atoms with Crippen molar-refractivity contribution in [2.75, 3.05) is 0 Å². The third-order valence-electron chi connectivity index (χ3n) is 5.58. The minimum absolute atomic E-state index is 0.220. The Morgan fingerprint density at radius 3 is 2.63 bits per heavy atom. The monoisotopic (exact) mass is 470 g/mol. The van der Waals surface area contributed by atoms with Crippen molar-refractivity contribution < 1.29 is 9.59 Å². The molecule has 4 aromatic heterocycles. The molecule has 0 unspecified atom stereocenters. The van der Waals surface area contributed by atoms with Crippen LogP contribution in [0.15, 0.2) is 61.0 Å². The van der Waals surface area contributed by atoms with E-state index in [1.54, 1.807) is 59.0 Å². The van der Waals surface area contributed by atoms with Crippen LogP contribution in [0.2, 0.25) is 0 Å². The van der Waals surface area contributed by atoms with Crippen molar-refractivity contribution in [3.63, 3.8) is 0 Å². The lowest BCUT2D eigenvalue weighted by molar-refractivity contribution is -0.117. The fourth-order valence-corrected chi connectivity index (χ4v) is 3.66. The highest BCUT2D eigenvalue weighted by atomic mass is 16.1. The van der Waals surface area contributed by atoms with Crippen molar-refractivity contribution in [1.82, 2.24) is 34.3 Å². The van der Waals surface area contributed by atoms with Gasteiger partial charge in [0.2, 0.25) is 6.41 Å². The molecular formula is C25H26N8O2. The molecule has 4 aromatic rings. The molecule has 0 saturated carbocycles. The summed E-state index contributed by atoms with van der Waals surface area (Å²) in [5, 5.41) is 12.6. The lowest BCUT2D eigenvalue weighted by atomic mass is 10.1. The van der Waals surface area contributed by atoms with E-state index < -0.39 is 6.04 Å². The Morgan fingerprint density at radius 2 is 1.97 bits per heavy atom. The first-order chi connectivity index (χ1) is 16.8. The maximum Gasteiger partial charge on any atom is 0.214 e. The van der Waals surface area contributed by atoms with E-state index in [1.165, 1.54) is 11.0 Å². The second kappa shape index (κ2) is 9.72. The van der Waals surface area contributed by atoms with Crippen LogP contribution in [0.25, 0.3) is 22.9 Å². The molecule has 178 valence electrons. The molecule has 4 rings (SSSR count). The largest absolute Gasteiger partial charge is 0.402 e. The molecule has 10 heteroatoms. The number of hydrogen-bond acceptors (Lipinski definition) is 7. The molecule has 0 radical (unpaired) electrons. The molecular weight excluding hydrogens is 444 g/mol. The molecule has 0 fully saturated rings. The molecule has 10 nitrogen and oxygen atoms in total. The maximum absolute atomic E-state index is 12.4. The van der Waals surface area contributed by atoms with Gasteiger partial charge in [0.05, 0.1) is 17.9 Å². The van der Waals surface area contributed by atoms with Crippen LogP contribution in [-0.4, -0.2) is 46.5 Å². The fraction of sp³-hybridized carbons (Fsp3) is 0.200. The Labute approximate surface area is 202 Å². The second-order valence-electron chi connectivity index (χ2n) is 8.33. The predicted octanol–water partition coefficient (Wildman–Crippen LogP) is 3.07. The summed E-state index contributed by atoms with van der Waals surface area (Å²) < 4.78 is 3.44. The highest BCUT2D eigenvalue weighted by Gasteiger charge is 2.19. The van der Waals surface area contributed by atoms with Gasteiger partial charge in [-0.25, -0.2) is 0 Å². The van der Waals surface area contributed by atoms with Gasteiger partial charge >= 0.3 is 0 Å². The van der Waals surface area contributed by atoms with E-state index in [4.69, 9.17) is 5.73 Å². The summed E-state index contributed by atoms with van der Waals surface area (Å²) in [4.78, 5) is 30.4. The van der Waals surface area contributed by atoms with Crippen molar-refractivity contribution in [2.24, 2.45) is 12.8 Å². The molecule has 35 heavy (non-hydrogen) atoms. The van der Waals surface area contributed by atoms with Gasteiger partial charge in [0.15, 0.2) is 17.3 Å². The zero-order chi connectivity index (χ0) is 25.1. The van der Waals surface area contributed by atoms with E-state index in [1.807, 2.05) is 33.2 Å². The molecule has 0 aromatic carbocycles. The molecule has 1 amide bonds. The van der Waals surface area contributed by atoms with Crippen molar-refractivity contribution in [3.8, 4) is 11.1 Å². The summed E-state index contributed by atoms with van der Waals surface area (Å²) in [6.07, 6.45) is 12.7. The average molecular weight is 471 g/mol. The molecule has 0 aliphatic rings. The van der Waals surface area contributed by atoms with Gasteiger partial charge in [0, 0.05) is 60.3 Å². The van der Waals surface area contributed by atoms with Crippen molar-refractivity contribution in [1.29, 1.82) is 0 Å². The first kappa shape index (κ1) is 23.6. The summed E-state index contributed by atoms with van der Waals surface area (Å²) in [5.74, 6) is 0.291. The zero-order valence-corrected chi connectivity index (χ0v) is 20.0. The number of fused-ring (bicyclic) bond motifs is 1. The zero-order valence-electron chi connectivity index (χ0n) is 20.0. The number of carbonyl (C=O) groups excluding carboxylic acids is 2. The number of allylic oxidation sites excluding steroid dienone is 2. The van der Waals surface area contributed by atoms with Crippen LogP contribution in [0.4, 0.5) is 0 Å². The summed E-state index contributed by atoms with van der Waals surface area (Å²) in [7, 11) is 1.87. The Morgan fingerprint density at radius 1 is 1.17 bits per heavy atom.